The van der Waals surface area contributed by atoms with E-state index in [4.69, 9.17) is 11.6 Å². The summed E-state index contributed by atoms with van der Waals surface area (Å²) in [6.07, 6.45) is 1.08. The fourth-order valence-corrected chi connectivity index (χ4v) is 2.88. The highest BCUT2D eigenvalue weighted by Gasteiger charge is 2.16. The highest BCUT2D eigenvalue weighted by molar-refractivity contribution is 6.33. The van der Waals surface area contributed by atoms with Gasteiger partial charge in [-0.3, -0.25) is 4.79 Å². The molecule has 0 spiro atoms. The van der Waals surface area contributed by atoms with Gasteiger partial charge in [-0.15, -0.1) is 0 Å². The lowest BCUT2D eigenvalue weighted by Crippen LogP contribution is -2.27. The van der Waals surface area contributed by atoms with Crippen molar-refractivity contribution < 1.29 is 19.1 Å². The van der Waals surface area contributed by atoms with Gasteiger partial charge in [0.15, 0.2) is 0 Å². The second-order valence-electron chi connectivity index (χ2n) is 5.87. The molecule has 0 fully saturated rings. The van der Waals surface area contributed by atoms with Crippen LogP contribution in [0.15, 0.2) is 78.5 Å². The Balaban J connectivity index is 1.98. The molecule has 0 unspecified atom stereocenters. The van der Waals surface area contributed by atoms with Crippen LogP contribution in [0.4, 0.5) is 4.39 Å². The van der Waals surface area contributed by atoms with Crippen LogP contribution in [0.25, 0.3) is 17.2 Å². The predicted molar refractivity (Wildman–Crippen MR) is 106 cm³/mol. The Hall–Kier alpha value is -3.44. The van der Waals surface area contributed by atoms with Crippen molar-refractivity contribution in [3.05, 3.63) is 100 Å². The number of hydrogen-bond acceptors (Lipinski definition) is 2. The molecule has 28 heavy (non-hydrogen) atoms. The van der Waals surface area contributed by atoms with Gasteiger partial charge < -0.3 is 10.4 Å². The molecule has 0 aliphatic carbocycles. The minimum absolute atomic E-state index is 0.0168. The molecular formula is C22H15ClFNO3. The van der Waals surface area contributed by atoms with Crippen molar-refractivity contribution in [2.75, 3.05) is 0 Å². The van der Waals surface area contributed by atoms with Gasteiger partial charge in [0, 0.05) is 27.3 Å². The molecular weight excluding hydrogens is 381 g/mol. The van der Waals surface area contributed by atoms with Crippen molar-refractivity contribution in [3.63, 3.8) is 0 Å². The van der Waals surface area contributed by atoms with E-state index in [2.05, 4.69) is 5.32 Å². The molecule has 0 radical (unpaired) electrons. The normalized spacial score (nSPS) is 11.1. The van der Waals surface area contributed by atoms with Crippen molar-refractivity contribution in [2.24, 2.45) is 0 Å². The molecule has 0 aromatic heterocycles. The zero-order valence-electron chi connectivity index (χ0n) is 14.5. The SMILES string of the molecule is O=C(O)C(=Cc1cccc(-c2ccccc2Cl)c1F)NC(=O)c1ccccc1. The number of carbonyl (C=O) groups is 2. The van der Waals surface area contributed by atoms with Crippen LogP contribution in [0.3, 0.4) is 0 Å². The molecule has 3 aromatic rings. The Morgan fingerprint density at radius 3 is 2.21 bits per heavy atom. The number of aliphatic carboxylic acids is 1. The lowest BCUT2D eigenvalue weighted by Gasteiger charge is -2.10. The number of carboxylic acid groups (broad SMARTS) is 1. The summed E-state index contributed by atoms with van der Waals surface area (Å²) in [5, 5.41) is 12.1. The molecule has 1 amide bonds. The quantitative estimate of drug-likeness (QED) is 0.597. The van der Waals surface area contributed by atoms with E-state index in [0.29, 0.717) is 16.1 Å². The predicted octanol–water partition coefficient (Wildman–Crippen LogP) is 5.00. The zero-order chi connectivity index (χ0) is 20.1. The molecule has 0 aliphatic rings. The number of benzene rings is 3. The Morgan fingerprint density at radius 2 is 1.54 bits per heavy atom. The number of nitrogens with one attached hydrogen (secondary N) is 1. The molecule has 0 heterocycles. The first-order chi connectivity index (χ1) is 13.5. The Kier molecular flexibility index (Phi) is 5.87. The van der Waals surface area contributed by atoms with Gasteiger partial charge in [0.1, 0.15) is 11.5 Å². The maximum Gasteiger partial charge on any atom is 0.352 e. The Bertz CT molecular complexity index is 1060. The summed E-state index contributed by atoms with van der Waals surface area (Å²) < 4.78 is 15.0. The first-order valence-electron chi connectivity index (χ1n) is 8.32. The van der Waals surface area contributed by atoms with Crippen LogP contribution in [0.5, 0.6) is 0 Å². The van der Waals surface area contributed by atoms with E-state index in [1.54, 1.807) is 66.7 Å². The first-order valence-corrected chi connectivity index (χ1v) is 8.70. The minimum Gasteiger partial charge on any atom is -0.477 e. The van der Waals surface area contributed by atoms with Crippen LogP contribution in [0.2, 0.25) is 5.02 Å². The van der Waals surface area contributed by atoms with E-state index in [0.717, 1.165) is 6.08 Å². The lowest BCUT2D eigenvalue weighted by molar-refractivity contribution is -0.132. The van der Waals surface area contributed by atoms with Crippen molar-refractivity contribution >= 4 is 29.6 Å². The number of halogens is 2. The third-order valence-electron chi connectivity index (χ3n) is 4.01. The van der Waals surface area contributed by atoms with Crippen molar-refractivity contribution in [1.29, 1.82) is 0 Å². The van der Waals surface area contributed by atoms with Gasteiger partial charge in [0.2, 0.25) is 0 Å². The molecule has 0 bridgehead atoms. The molecule has 140 valence electrons. The molecule has 0 saturated carbocycles. The molecule has 0 aliphatic heterocycles. The average Bonchev–Trinajstić information content (AvgIpc) is 2.70. The van der Waals surface area contributed by atoms with Crippen LogP contribution in [-0.2, 0) is 4.79 Å². The van der Waals surface area contributed by atoms with Crippen LogP contribution in [0, 0.1) is 5.82 Å². The van der Waals surface area contributed by atoms with E-state index < -0.39 is 23.4 Å². The highest BCUT2D eigenvalue weighted by atomic mass is 35.5. The smallest absolute Gasteiger partial charge is 0.352 e. The fraction of sp³-hybridized carbons (Fsp3) is 0. The Labute approximate surface area is 165 Å². The highest BCUT2D eigenvalue weighted by Crippen LogP contribution is 2.31. The van der Waals surface area contributed by atoms with Crippen molar-refractivity contribution in [2.45, 2.75) is 0 Å². The second kappa shape index (κ2) is 8.50. The first kappa shape index (κ1) is 19.3. The van der Waals surface area contributed by atoms with Gasteiger partial charge in [0.25, 0.3) is 5.91 Å². The summed E-state index contributed by atoms with van der Waals surface area (Å²) in [4.78, 5) is 23.8. The van der Waals surface area contributed by atoms with E-state index >= 15 is 4.39 Å². The summed E-state index contributed by atoms with van der Waals surface area (Å²) in [5.41, 5.74) is 0.591. The fourth-order valence-electron chi connectivity index (χ4n) is 2.64. The summed E-state index contributed by atoms with van der Waals surface area (Å²) in [6.45, 7) is 0. The van der Waals surface area contributed by atoms with Crippen LogP contribution in [0.1, 0.15) is 15.9 Å². The van der Waals surface area contributed by atoms with Crippen LogP contribution < -0.4 is 5.32 Å². The van der Waals surface area contributed by atoms with Gasteiger partial charge in [-0.1, -0.05) is 66.2 Å². The van der Waals surface area contributed by atoms with Crippen LogP contribution >= 0.6 is 11.6 Å². The van der Waals surface area contributed by atoms with E-state index in [1.165, 1.54) is 6.07 Å². The molecule has 3 aromatic carbocycles. The molecule has 0 saturated heterocycles. The topological polar surface area (TPSA) is 66.4 Å². The minimum atomic E-state index is -1.38. The largest absolute Gasteiger partial charge is 0.477 e. The Morgan fingerprint density at radius 1 is 0.893 bits per heavy atom. The maximum atomic E-state index is 15.0. The third kappa shape index (κ3) is 4.27. The summed E-state index contributed by atoms with van der Waals surface area (Å²) in [5.74, 6) is -2.62. The number of amides is 1. The van der Waals surface area contributed by atoms with E-state index in [9.17, 15) is 14.7 Å². The molecule has 0 atom stereocenters. The summed E-state index contributed by atoms with van der Waals surface area (Å²) >= 11 is 6.14. The number of carboxylic acids is 1. The molecule has 2 N–H and O–H groups in total. The average molecular weight is 396 g/mol. The second-order valence-corrected chi connectivity index (χ2v) is 6.28. The van der Waals surface area contributed by atoms with Gasteiger partial charge in [-0.25, -0.2) is 9.18 Å². The monoisotopic (exact) mass is 395 g/mol. The number of hydrogen-bond donors (Lipinski definition) is 2. The van der Waals surface area contributed by atoms with Crippen molar-refractivity contribution in [1.82, 2.24) is 5.32 Å². The maximum absolute atomic E-state index is 15.0. The lowest BCUT2D eigenvalue weighted by atomic mass is 10.0. The van der Waals surface area contributed by atoms with E-state index in [1.807, 2.05) is 0 Å². The van der Waals surface area contributed by atoms with Crippen LogP contribution in [-0.4, -0.2) is 17.0 Å². The van der Waals surface area contributed by atoms with Crippen molar-refractivity contribution in [3.8, 4) is 11.1 Å². The third-order valence-corrected chi connectivity index (χ3v) is 4.34. The van der Waals surface area contributed by atoms with Gasteiger partial charge in [-0.2, -0.15) is 0 Å². The van der Waals surface area contributed by atoms with Gasteiger partial charge >= 0.3 is 5.97 Å². The molecule has 6 heteroatoms. The van der Waals surface area contributed by atoms with E-state index in [-0.39, 0.29) is 11.1 Å². The summed E-state index contributed by atoms with van der Waals surface area (Å²) in [7, 11) is 0. The molecule has 4 nitrogen and oxygen atoms in total. The standard InChI is InChI=1S/C22H15ClFNO3/c23-18-12-5-4-10-16(18)17-11-6-9-15(20(17)24)13-19(22(27)28)25-21(26)14-7-2-1-3-8-14/h1-13H,(H,25,26)(H,27,28). The number of carbonyl (C=O) groups excluding carboxylic acids is 1. The van der Waals surface area contributed by atoms with Gasteiger partial charge in [0.05, 0.1) is 0 Å². The van der Waals surface area contributed by atoms with Gasteiger partial charge in [-0.05, 0) is 24.3 Å². The molecule has 3 rings (SSSR count). The summed E-state index contributed by atoms with van der Waals surface area (Å²) in [6, 6.07) is 19.5. The zero-order valence-corrected chi connectivity index (χ0v) is 15.3. The number of rotatable bonds is 5.